The van der Waals surface area contributed by atoms with Gasteiger partial charge >= 0.3 is 5.97 Å². The predicted octanol–water partition coefficient (Wildman–Crippen LogP) is 8.17. The van der Waals surface area contributed by atoms with Gasteiger partial charge in [-0.1, -0.05) is 90.4 Å². The van der Waals surface area contributed by atoms with Gasteiger partial charge in [0.15, 0.2) is 0 Å². The van der Waals surface area contributed by atoms with E-state index >= 15 is 0 Å². The summed E-state index contributed by atoms with van der Waals surface area (Å²) in [6.07, 6.45) is 18.7. The first-order chi connectivity index (χ1) is 14.7. The molecule has 0 N–H and O–H groups in total. The molecule has 0 radical (unpaired) electrons. The Morgan fingerprint density at radius 3 is 1.53 bits per heavy atom. The fourth-order valence-electron chi connectivity index (χ4n) is 3.94. The summed E-state index contributed by atoms with van der Waals surface area (Å²) in [5, 5.41) is 0. The average Bonchev–Trinajstić information content (AvgIpc) is 2.77. The Morgan fingerprint density at radius 1 is 0.667 bits per heavy atom. The second kappa shape index (κ2) is 18.3. The van der Waals surface area contributed by atoms with E-state index in [0.717, 1.165) is 31.6 Å². The lowest BCUT2D eigenvalue weighted by molar-refractivity contribution is 0.0497. The van der Waals surface area contributed by atoms with E-state index in [1.54, 1.807) is 0 Å². The van der Waals surface area contributed by atoms with Crippen molar-refractivity contribution in [2.24, 2.45) is 0 Å². The van der Waals surface area contributed by atoms with Crippen molar-refractivity contribution in [2.75, 3.05) is 24.6 Å². The molecule has 0 unspecified atom stereocenters. The van der Waals surface area contributed by atoms with Gasteiger partial charge in [-0.3, -0.25) is 0 Å². The lowest BCUT2D eigenvalue weighted by Crippen LogP contribution is -2.21. The van der Waals surface area contributed by atoms with Crippen LogP contribution in [0.1, 0.15) is 121 Å². The molecule has 3 heteroatoms. The van der Waals surface area contributed by atoms with Crippen LogP contribution in [0.3, 0.4) is 0 Å². The number of benzene rings is 1. The molecule has 0 amide bonds. The highest BCUT2D eigenvalue weighted by Crippen LogP contribution is 2.16. The van der Waals surface area contributed by atoms with E-state index in [1.165, 1.54) is 77.0 Å². The third kappa shape index (κ3) is 12.2. The Morgan fingerprint density at radius 2 is 1.10 bits per heavy atom. The molecule has 3 nitrogen and oxygen atoms in total. The van der Waals surface area contributed by atoms with Crippen molar-refractivity contribution in [2.45, 2.75) is 111 Å². The van der Waals surface area contributed by atoms with Crippen molar-refractivity contribution in [1.29, 1.82) is 0 Å². The van der Waals surface area contributed by atoms with Gasteiger partial charge in [-0.2, -0.15) is 0 Å². The van der Waals surface area contributed by atoms with Crippen molar-refractivity contribution in [3.05, 3.63) is 29.8 Å². The number of hydrogen-bond acceptors (Lipinski definition) is 3. The number of carbonyl (C=O) groups excluding carboxylic acids is 1. The zero-order chi connectivity index (χ0) is 21.9. The van der Waals surface area contributed by atoms with Gasteiger partial charge in [0, 0.05) is 18.8 Å². The van der Waals surface area contributed by atoms with E-state index in [1.807, 2.05) is 24.3 Å². The van der Waals surface area contributed by atoms with Crippen LogP contribution in [0, 0.1) is 0 Å². The molecule has 0 aliphatic heterocycles. The van der Waals surface area contributed by atoms with Crippen LogP contribution < -0.4 is 4.90 Å². The van der Waals surface area contributed by atoms with Crippen LogP contribution in [0.25, 0.3) is 0 Å². The smallest absolute Gasteiger partial charge is 0.338 e. The minimum absolute atomic E-state index is 0.198. The normalized spacial score (nSPS) is 10.9. The SMILES string of the molecule is CCCCCCCCCCCCCCCCOC(=O)c1ccc(N(CC)CC)cc1. The first-order valence-corrected chi connectivity index (χ1v) is 12.7. The molecule has 0 fully saturated rings. The van der Waals surface area contributed by atoms with E-state index < -0.39 is 0 Å². The topological polar surface area (TPSA) is 29.5 Å². The summed E-state index contributed by atoms with van der Waals surface area (Å²) in [5.41, 5.74) is 1.81. The molecule has 0 aliphatic rings. The second-order valence-corrected chi connectivity index (χ2v) is 8.45. The van der Waals surface area contributed by atoms with Crippen LogP contribution in [-0.4, -0.2) is 25.7 Å². The number of esters is 1. The van der Waals surface area contributed by atoms with Crippen molar-refractivity contribution in [3.8, 4) is 0 Å². The van der Waals surface area contributed by atoms with Crippen molar-refractivity contribution >= 4 is 11.7 Å². The van der Waals surface area contributed by atoms with E-state index in [2.05, 4.69) is 25.7 Å². The fourth-order valence-corrected chi connectivity index (χ4v) is 3.94. The maximum atomic E-state index is 12.2. The van der Waals surface area contributed by atoms with Crippen LogP contribution in [-0.2, 0) is 4.74 Å². The van der Waals surface area contributed by atoms with E-state index in [-0.39, 0.29) is 5.97 Å². The molecule has 0 saturated heterocycles. The molecule has 0 heterocycles. The minimum Gasteiger partial charge on any atom is -0.462 e. The number of hydrogen-bond donors (Lipinski definition) is 0. The Balaban J connectivity index is 1.96. The van der Waals surface area contributed by atoms with Gasteiger partial charge in [-0.25, -0.2) is 4.79 Å². The molecule has 1 aromatic carbocycles. The van der Waals surface area contributed by atoms with Gasteiger partial charge in [0.1, 0.15) is 0 Å². The molecule has 0 aromatic heterocycles. The van der Waals surface area contributed by atoms with Gasteiger partial charge in [0.2, 0.25) is 0 Å². The zero-order valence-electron chi connectivity index (χ0n) is 20.1. The maximum Gasteiger partial charge on any atom is 0.338 e. The van der Waals surface area contributed by atoms with Crippen molar-refractivity contribution < 1.29 is 9.53 Å². The average molecular weight is 418 g/mol. The maximum absolute atomic E-state index is 12.2. The predicted molar refractivity (Wildman–Crippen MR) is 131 cm³/mol. The monoisotopic (exact) mass is 417 g/mol. The summed E-state index contributed by atoms with van der Waals surface area (Å²) in [6.45, 7) is 9.04. The largest absolute Gasteiger partial charge is 0.462 e. The van der Waals surface area contributed by atoms with Crippen LogP contribution in [0.4, 0.5) is 5.69 Å². The summed E-state index contributed by atoms with van der Waals surface area (Å²) in [7, 11) is 0. The number of unbranched alkanes of at least 4 members (excludes halogenated alkanes) is 13. The number of rotatable bonds is 19. The van der Waals surface area contributed by atoms with E-state index in [9.17, 15) is 4.79 Å². The van der Waals surface area contributed by atoms with Gasteiger partial charge in [0.25, 0.3) is 0 Å². The summed E-state index contributed by atoms with van der Waals surface area (Å²) < 4.78 is 5.44. The third-order valence-electron chi connectivity index (χ3n) is 5.96. The molecule has 1 aromatic rings. The molecule has 0 spiro atoms. The summed E-state index contributed by atoms with van der Waals surface area (Å²) in [6, 6.07) is 7.77. The summed E-state index contributed by atoms with van der Waals surface area (Å²) in [5.74, 6) is -0.198. The first kappa shape index (κ1) is 26.5. The Hall–Kier alpha value is -1.51. The standard InChI is InChI=1S/C27H47NO2/c1-4-7-8-9-10-11-12-13-14-15-16-17-18-19-24-30-27(29)25-20-22-26(23-21-25)28(5-2)6-3/h20-23H,4-19,24H2,1-3H3. The quantitative estimate of drug-likeness (QED) is 0.168. The molecular weight excluding hydrogens is 370 g/mol. The first-order valence-electron chi connectivity index (χ1n) is 12.7. The van der Waals surface area contributed by atoms with Crippen LogP contribution in [0.2, 0.25) is 0 Å². The number of anilines is 1. The van der Waals surface area contributed by atoms with Crippen LogP contribution >= 0.6 is 0 Å². The van der Waals surface area contributed by atoms with Crippen molar-refractivity contribution in [1.82, 2.24) is 0 Å². The molecule has 172 valence electrons. The molecule has 0 saturated carbocycles. The number of ether oxygens (including phenoxy) is 1. The fraction of sp³-hybridized carbons (Fsp3) is 0.741. The number of nitrogens with zero attached hydrogens (tertiary/aromatic N) is 1. The highest BCUT2D eigenvalue weighted by atomic mass is 16.5. The van der Waals surface area contributed by atoms with Gasteiger partial charge in [-0.15, -0.1) is 0 Å². The molecule has 30 heavy (non-hydrogen) atoms. The molecule has 0 atom stereocenters. The van der Waals surface area contributed by atoms with E-state index in [4.69, 9.17) is 4.74 Å². The Labute approximate surface area is 186 Å². The molecular formula is C27H47NO2. The lowest BCUT2D eigenvalue weighted by Gasteiger charge is -2.20. The van der Waals surface area contributed by atoms with Gasteiger partial charge in [0.05, 0.1) is 12.2 Å². The molecule has 0 aliphatic carbocycles. The lowest BCUT2D eigenvalue weighted by atomic mass is 10.0. The van der Waals surface area contributed by atoms with Crippen molar-refractivity contribution in [3.63, 3.8) is 0 Å². The summed E-state index contributed by atoms with van der Waals surface area (Å²) >= 11 is 0. The molecule has 1 rings (SSSR count). The van der Waals surface area contributed by atoms with Gasteiger partial charge < -0.3 is 9.64 Å². The number of carbonyl (C=O) groups is 1. The van der Waals surface area contributed by atoms with Crippen LogP contribution in [0.15, 0.2) is 24.3 Å². The van der Waals surface area contributed by atoms with Gasteiger partial charge in [-0.05, 0) is 44.5 Å². The Bertz CT molecular complexity index is 522. The van der Waals surface area contributed by atoms with Crippen LogP contribution in [0.5, 0.6) is 0 Å². The highest BCUT2D eigenvalue weighted by Gasteiger charge is 2.08. The molecule has 0 bridgehead atoms. The third-order valence-corrected chi connectivity index (χ3v) is 5.96. The Kier molecular flexibility index (Phi) is 16.2. The minimum atomic E-state index is -0.198. The summed E-state index contributed by atoms with van der Waals surface area (Å²) in [4.78, 5) is 14.4. The highest BCUT2D eigenvalue weighted by molar-refractivity contribution is 5.89. The zero-order valence-corrected chi connectivity index (χ0v) is 20.1. The van der Waals surface area contributed by atoms with E-state index in [0.29, 0.717) is 12.2 Å². The second-order valence-electron chi connectivity index (χ2n) is 8.45.